The molecular weight excluding hydrogens is 156 g/mol. The van der Waals surface area contributed by atoms with Gasteiger partial charge in [0.2, 0.25) is 0 Å². The van der Waals surface area contributed by atoms with Gasteiger partial charge in [0.15, 0.2) is 0 Å². The monoisotopic (exact) mass is 168 g/mol. The summed E-state index contributed by atoms with van der Waals surface area (Å²) in [6.45, 7) is 2.70. The van der Waals surface area contributed by atoms with E-state index in [-0.39, 0.29) is 0 Å². The third-order valence-corrected chi connectivity index (χ3v) is 1.76. The highest BCUT2D eigenvalue weighted by Crippen LogP contribution is 2.14. The fraction of sp³-hybridized carbons (Fsp3) is 0.333. The van der Waals surface area contributed by atoms with Crippen molar-refractivity contribution < 1.29 is 4.74 Å². The van der Waals surface area contributed by atoms with Crippen molar-refractivity contribution in [3.05, 3.63) is 29.8 Å². The predicted octanol–water partition coefficient (Wildman–Crippen LogP) is 2.52. The van der Waals surface area contributed by atoms with Crippen molar-refractivity contribution in [2.45, 2.75) is 12.7 Å². The normalized spacial score (nSPS) is 9.64. The number of thiol groups is 1. The molecule has 60 valence electrons. The summed E-state index contributed by atoms with van der Waals surface area (Å²) in [6, 6.07) is 7.99. The van der Waals surface area contributed by atoms with Crippen LogP contribution in [0.5, 0.6) is 5.75 Å². The molecule has 0 aliphatic rings. The zero-order valence-corrected chi connectivity index (χ0v) is 7.47. The first-order chi connectivity index (χ1) is 5.36. The molecule has 0 radical (unpaired) electrons. The smallest absolute Gasteiger partial charge is 0.119 e. The lowest BCUT2D eigenvalue weighted by Gasteiger charge is -2.03. The summed E-state index contributed by atoms with van der Waals surface area (Å²) in [6.07, 6.45) is 0. The SMILES string of the molecule is CCOc1cccc(CS)c1. The van der Waals surface area contributed by atoms with Gasteiger partial charge in [0, 0.05) is 5.75 Å². The quantitative estimate of drug-likeness (QED) is 0.682. The summed E-state index contributed by atoms with van der Waals surface area (Å²) >= 11 is 4.17. The van der Waals surface area contributed by atoms with Gasteiger partial charge in [-0.25, -0.2) is 0 Å². The minimum Gasteiger partial charge on any atom is -0.494 e. The van der Waals surface area contributed by atoms with Crippen molar-refractivity contribution in [1.82, 2.24) is 0 Å². The Labute approximate surface area is 72.8 Å². The Bertz CT molecular complexity index is 223. The lowest BCUT2D eigenvalue weighted by atomic mass is 10.2. The molecule has 0 aromatic heterocycles. The van der Waals surface area contributed by atoms with Gasteiger partial charge in [-0.2, -0.15) is 12.6 Å². The molecule has 1 rings (SSSR count). The zero-order chi connectivity index (χ0) is 8.10. The van der Waals surface area contributed by atoms with Crippen LogP contribution in [-0.2, 0) is 5.75 Å². The van der Waals surface area contributed by atoms with Crippen molar-refractivity contribution in [2.24, 2.45) is 0 Å². The molecule has 0 spiro atoms. The zero-order valence-electron chi connectivity index (χ0n) is 6.58. The van der Waals surface area contributed by atoms with E-state index in [9.17, 15) is 0 Å². The van der Waals surface area contributed by atoms with Gasteiger partial charge < -0.3 is 4.74 Å². The highest BCUT2D eigenvalue weighted by Gasteiger charge is 1.92. The predicted molar refractivity (Wildman–Crippen MR) is 50.3 cm³/mol. The van der Waals surface area contributed by atoms with E-state index in [1.807, 2.05) is 31.2 Å². The van der Waals surface area contributed by atoms with Crippen molar-refractivity contribution >= 4 is 12.6 Å². The van der Waals surface area contributed by atoms with E-state index < -0.39 is 0 Å². The molecular formula is C9H12OS. The largest absolute Gasteiger partial charge is 0.494 e. The fourth-order valence-corrected chi connectivity index (χ4v) is 1.10. The first kappa shape index (κ1) is 8.47. The second-order valence-corrected chi connectivity index (χ2v) is 2.55. The van der Waals surface area contributed by atoms with Gasteiger partial charge in [-0.15, -0.1) is 0 Å². The molecule has 2 heteroatoms. The highest BCUT2D eigenvalue weighted by molar-refractivity contribution is 7.79. The van der Waals surface area contributed by atoms with Gasteiger partial charge in [0.05, 0.1) is 6.61 Å². The Kier molecular flexibility index (Phi) is 3.30. The van der Waals surface area contributed by atoms with E-state index in [1.54, 1.807) is 0 Å². The second kappa shape index (κ2) is 4.29. The number of hydrogen-bond acceptors (Lipinski definition) is 2. The van der Waals surface area contributed by atoms with Crippen molar-refractivity contribution in [1.29, 1.82) is 0 Å². The molecule has 1 aromatic rings. The summed E-state index contributed by atoms with van der Waals surface area (Å²) in [5.41, 5.74) is 1.19. The molecule has 0 fully saturated rings. The third kappa shape index (κ3) is 2.46. The van der Waals surface area contributed by atoms with Gasteiger partial charge in [0.1, 0.15) is 5.75 Å². The molecule has 0 atom stereocenters. The van der Waals surface area contributed by atoms with E-state index in [0.29, 0.717) is 0 Å². The van der Waals surface area contributed by atoms with Gasteiger partial charge in [-0.05, 0) is 24.6 Å². The first-order valence-corrected chi connectivity index (χ1v) is 4.32. The number of rotatable bonds is 3. The minimum atomic E-state index is 0.718. The van der Waals surface area contributed by atoms with Crippen molar-refractivity contribution in [2.75, 3.05) is 6.61 Å². The summed E-state index contributed by atoms with van der Waals surface area (Å²) < 4.78 is 5.31. The molecule has 11 heavy (non-hydrogen) atoms. The van der Waals surface area contributed by atoms with E-state index in [0.717, 1.165) is 18.1 Å². The minimum absolute atomic E-state index is 0.718. The third-order valence-electron chi connectivity index (χ3n) is 1.39. The Morgan fingerprint density at radius 2 is 2.27 bits per heavy atom. The molecule has 0 saturated carbocycles. The maximum atomic E-state index is 5.31. The van der Waals surface area contributed by atoms with Crippen LogP contribution in [0.4, 0.5) is 0 Å². The summed E-state index contributed by atoms with van der Waals surface area (Å²) in [7, 11) is 0. The van der Waals surface area contributed by atoms with Gasteiger partial charge in [-0.1, -0.05) is 12.1 Å². The van der Waals surface area contributed by atoms with E-state index in [4.69, 9.17) is 4.74 Å². The van der Waals surface area contributed by atoms with Crippen molar-refractivity contribution in [3.63, 3.8) is 0 Å². The Morgan fingerprint density at radius 3 is 2.91 bits per heavy atom. The number of ether oxygens (including phenoxy) is 1. The van der Waals surface area contributed by atoms with Crippen LogP contribution in [-0.4, -0.2) is 6.61 Å². The number of benzene rings is 1. The average Bonchev–Trinajstić information content (AvgIpc) is 2.06. The van der Waals surface area contributed by atoms with Crippen molar-refractivity contribution in [3.8, 4) is 5.75 Å². The molecule has 0 bridgehead atoms. The van der Waals surface area contributed by atoms with Crippen LogP contribution in [0, 0.1) is 0 Å². The summed E-state index contributed by atoms with van der Waals surface area (Å²) in [5, 5.41) is 0. The van der Waals surface area contributed by atoms with Crippen LogP contribution in [0.3, 0.4) is 0 Å². The van der Waals surface area contributed by atoms with E-state index in [2.05, 4.69) is 12.6 Å². The molecule has 0 unspecified atom stereocenters. The Hall–Kier alpha value is -0.630. The molecule has 1 nitrogen and oxygen atoms in total. The Balaban J connectivity index is 2.74. The van der Waals surface area contributed by atoms with Crippen LogP contribution < -0.4 is 4.74 Å². The maximum Gasteiger partial charge on any atom is 0.119 e. The van der Waals surface area contributed by atoms with Gasteiger partial charge in [0.25, 0.3) is 0 Å². The maximum absolute atomic E-state index is 5.31. The number of hydrogen-bond donors (Lipinski definition) is 1. The topological polar surface area (TPSA) is 9.23 Å². The van der Waals surface area contributed by atoms with Crippen LogP contribution in [0.1, 0.15) is 12.5 Å². The van der Waals surface area contributed by atoms with Crippen LogP contribution in [0.2, 0.25) is 0 Å². The van der Waals surface area contributed by atoms with Crippen LogP contribution >= 0.6 is 12.6 Å². The standard InChI is InChI=1S/C9H12OS/c1-2-10-9-5-3-4-8(6-9)7-11/h3-6,11H,2,7H2,1H3. The molecule has 0 aliphatic heterocycles. The fourth-order valence-electron chi connectivity index (χ4n) is 0.900. The molecule has 0 heterocycles. The lowest BCUT2D eigenvalue weighted by molar-refractivity contribution is 0.340. The average molecular weight is 168 g/mol. The van der Waals surface area contributed by atoms with Gasteiger partial charge in [-0.3, -0.25) is 0 Å². The van der Waals surface area contributed by atoms with Gasteiger partial charge >= 0.3 is 0 Å². The molecule has 0 N–H and O–H groups in total. The lowest BCUT2D eigenvalue weighted by Crippen LogP contribution is -1.91. The highest BCUT2D eigenvalue weighted by atomic mass is 32.1. The molecule has 1 aromatic carbocycles. The van der Waals surface area contributed by atoms with E-state index >= 15 is 0 Å². The molecule has 0 saturated heterocycles. The van der Waals surface area contributed by atoms with Crippen LogP contribution in [0.15, 0.2) is 24.3 Å². The first-order valence-electron chi connectivity index (χ1n) is 3.69. The van der Waals surface area contributed by atoms with Crippen LogP contribution in [0.25, 0.3) is 0 Å². The Morgan fingerprint density at radius 1 is 1.45 bits per heavy atom. The van der Waals surface area contributed by atoms with E-state index in [1.165, 1.54) is 5.56 Å². The summed E-state index contributed by atoms with van der Waals surface area (Å²) in [5.74, 6) is 1.69. The molecule has 0 aliphatic carbocycles. The summed E-state index contributed by atoms with van der Waals surface area (Å²) in [4.78, 5) is 0. The molecule has 0 amide bonds. The second-order valence-electron chi connectivity index (χ2n) is 2.24.